The molecule has 0 unspecified atom stereocenters. The van der Waals surface area contributed by atoms with E-state index in [4.69, 9.17) is 4.42 Å². The highest BCUT2D eigenvalue weighted by Crippen LogP contribution is 2.22. The summed E-state index contributed by atoms with van der Waals surface area (Å²) in [5.74, 6) is -0.0401. The molecule has 3 rings (SSSR count). The third-order valence-corrected chi connectivity index (χ3v) is 3.46. The number of nitrogens with zero attached hydrogens (tertiary/aromatic N) is 6. The summed E-state index contributed by atoms with van der Waals surface area (Å²) in [6.07, 6.45) is 1.67. The summed E-state index contributed by atoms with van der Waals surface area (Å²) >= 11 is 0. The van der Waals surface area contributed by atoms with Crippen molar-refractivity contribution < 1.29 is 9.21 Å². The number of amides is 1. The van der Waals surface area contributed by atoms with Gasteiger partial charge in [-0.05, 0) is 39.8 Å². The largest absolute Gasteiger partial charge is 0.401 e. The van der Waals surface area contributed by atoms with Crippen LogP contribution in [0.3, 0.4) is 0 Å². The maximum Gasteiger partial charge on any atom is 0.322 e. The van der Waals surface area contributed by atoms with Gasteiger partial charge in [-0.25, -0.2) is 0 Å². The molecule has 9 nitrogen and oxygen atoms in total. The van der Waals surface area contributed by atoms with E-state index in [0.717, 1.165) is 5.69 Å². The van der Waals surface area contributed by atoms with Crippen molar-refractivity contribution in [1.82, 2.24) is 29.8 Å². The molecule has 126 valence electrons. The lowest BCUT2D eigenvalue weighted by Crippen LogP contribution is -2.17. The molecule has 0 aliphatic rings. The molecule has 0 aromatic carbocycles. The summed E-state index contributed by atoms with van der Waals surface area (Å²) < 4.78 is 8.94. The van der Waals surface area contributed by atoms with Gasteiger partial charge in [0.1, 0.15) is 11.4 Å². The zero-order chi connectivity index (χ0) is 17.3. The zero-order valence-corrected chi connectivity index (χ0v) is 14.0. The smallest absolute Gasteiger partial charge is 0.322 e. The lowest BCUT2D eigenvalue weighted by molar-refractivity contribution is 0.101. The van der Waals surface area contributed by atoms with Crippen LogP contribution in [0.25, 0.3) is 11.6 Å². The molecule has 0 saturated heterocycles. The second-order valence-corrected chi connectivity index (χ2v) is 5.61. The summed E-state index contributed by atoms with van der Waals surface area (Å²) in [6, 6.07) is 3.69. The molecule has 3 aromatic rings. The van der Waals surface area contributed by atoms with Crippen molar-refractivity contribution in [2.24, 2.45) is 0 Å². The zero-order valence-electron chi connectivity index (χ0n) is 14.0. The van der Waals surface area contributed by atoms with E-state index < -0.39 is 0 Å². The van der Waals surface area contributed by atoms with Crippen LogP contribution in [0.15, 0.2) is 22.7 Å². The SMILES string of the molecule is CCn1nc(C)cc1C(=O)Nc1nnc(-c2ccnn2C(C)C)o1. The number of carbonyl (C=O) groups is 1. The highest BCUT2D eigenvalue weighted by molar-refractivity contribution is 6.01. The molecule has 0 bridgehead atoms. The van der Waals surface area contributed by atoms with Crippen LogP contribution < -0.4 is 5.32 Å². The van der Waals surface area contributed by atoms with Gasteiger partial charge >= 0.3 is 6.01 Å². The monoisotopic (exact) mass is 329 g/mol. The number of rotatable bonds is 5. The van der Waals surface area contributed by atoms with Gasteiger partial charge in [-0.1, -0.05) is 5.10 Å². The molecule has 0 atom stereocenters. The maximum atomic E-state index is 12.4. The van der Waals surface area contributed by atoms with Gasteiger partial charge in [0, 0.05) is 18.8 Å². The Morgan fingerprint density at radius 3 is 2.88 bits per heavy atom. The molecule has 0 aliphatic heterocycles. The van der Waals surface area contributed by atoms with E-state index in [2.05, 4.69) is 25.7 Å². The number of carbonyl (C=O) groups excluding carboxylic acids is 1. The summed E-state index contributed by atoms with van der Waals surface area (Å²) in [5.41, 5.74) is 1.92. The molecule has 3 aromatic heterocycles. The van der Waals surface area contributed by atoms with Crippen LogP contribution >= 0.6 is 0 Å². The van der Waals surface area contributed by atoms with Gasteiger partial charge in [0.25, 0.3) is 11.8 Å². The second kappa shape index (κ2) is 6.26. The van der Waals surface area contributed by atoms with Crippen LogP contribution in [0.2, 0.25) is 0 Å². The van der Waals surface area contributed by atoms with E-state index in [-0.39, 0.29) is 18.0 Å². The highest BCUT2D eigenvalue weighted by Gasteiger charge is 2.19. The first-order valence-electron chi connectivity index (χ1n) is 7.72. The predicted octanol–water partition coefficient (Wildman–Crippen LogP) is 2.29. The topological polar surface area (TPSA) is 104 Å². The molecule has 1 amide bonds. The normalized spacial score (nSPS) is 11.2. The Hall–Kier alpha value is -2.97. The minimum Gasteiger partial charge on any atom is -0.401 e. The van der Waals surface area contributed by atoms with Crippen molar-refractivity contribution in [3.8, 4) is 11.6 Å². The number of hydrogen-bond acceptors (Lipinski definition) is 6. The average molecular weight is 329 g/mol. The van der Waals surface area contributed by atoms with E-state index in [1.54, 1.807) is 27.7 Å². The standard InChI is InChI=1S/C15H19N7O2/c1-5-21-12(8-10(4)20-21)13(23)17-15-19-18-14(24-15)11-6-7-16-22(11)9(2)3/h6-9H,5H2,1-4H3,(H,17,19,23). The lowest BCUT2D eigenvalue weighted by atomic mass is 10.3. The molecule has 0 spiro atoms. The van der Waals surface area contributed by atoms with Gasteiger partial charge in [0.2, 0.25) is 0 Å². The van der Waals surface area contributed by atoms with E-state index in [1.165, 1.54) is 0 Å². The molecule has 1 N–H and O–H groups in total. The summed E-state index contributed by atoms with van der Waals surface area (Å²) in [6.45, 7) is 8.36. The number of aryl methyl sites for hydroxylation is 2. The molecule has 3 heterocycles. The van der Waals surface area contributed by atoms with Gasteiger partial charge in [-0.15, -0.1) is 5.10 Å². The second-order valence-electron chi connectivity index (χ2n) is 5.61. The van der Waals surface area contributed by atoms with Gasteiger partial charge in [-0.2, -0.15) is 10.2 Å². The van der Waals surface area contributed by atoms with Crippen LogP contribution in [0, 0.1) is 6.92 Å². The lowest BCUT2D eigenvalue weighted by Gasteiger charge is -2.07. The van der Waals surface area contributed by atoms with Gasteiger partial charge in [0.15, 0.2) is 0 Å². The Labute approximate surface area is 138 Å². The highest BCUT2D eigenvalue weighted by atomic mass is 16.4. The van der Waals surface area contributed by atoms with Crippen LogP contribution in [0.1, 0.15) is 43.0 Å². The van der Waals surface area contributed by atoms with Crippen LogP contribution in [0.5, 0.6) is 0 Å². The first kappa shape index (κ1) is 15.9. The maximum absolute atomic E-state index is 12.4. The molecular formula is C15H19N7O2. The van der Waals surface area contributed by atoms with Crippen molar-refractivity contribution in [3.63, 3.8) is 0 Å². The van der Waals surface area contributed by atoms with Gasteiger partial charge in [-0.3, -0.25) is 19.5 Å². The van der Waals surface area contributed by atoms with Crippen molar-refractivity contribution in [2.75, 3.05) is 5.32 Å². The van der Waals surface area contributed by atoms with Gasteiger partial charge in [0.05, 0.1) is 5.69 Å². The molecule has 0 aliphatic carbocycles. The Bertz CT molecular complexity index is 859. The number of hydrogen-bond donors (Lipinski definition) is 1. The summed E-state index contributed by atoms with van der Waals surface area (Å²) in [7, 11) is 0. The minimum atomic E-state index is -0.343. The number of aromatic nitrogens is 6. The Morgan fingerprint density at radius 2 is 2.17 bits per heavy atom. The van der Waals surface area contributed by atoms with Crippen molar-refractivity contribution in [1.29, 1.82) is 0 Å². The third-order valence-electron chi connectivity index (χ3n) is 3.46. The van der Waals surface area contributed by atoms with Gasteiger partial charge < -0.3 is 4.42 Å². The van der Waals surface area contributed by atoms with E-state index in [0.29, 0.717) is 23.8 Å². The number of anilines is 1. The van der Waals surface area contributed by atoms with E-state index in [1.807, 2.05) is 27.7 Å². The Kier molecular flexibility index (Phi) is 4.15. The Balaban J connectivity index is 1.81. The summed E-state index contributed by atoms with van der Waals surface area (Å²) in [4.78, 5) is 12.4. The summed E-state index contributed by atoms with van der Waals surface area (Å²) in [5, 5.41) is 18.9. The van der Waals surface area contributed by atoms with Crippen LogP contribution in [-0.2, 0) is 6.54 Å². The van der Waals surface area contributed by atoms with Crippen molar-refractivity contribution in [2.45, 2.75) is 40.3 Å². The van der Waals surface area contributed by atoms with E-state index >= 15 is 0 Å². The van der Waals surface area contributed by atoms with Crippen LogP contribution in [0.4, 0.5) is 6.01 Å². The molecule has 0 fully saturated rings. The van der Waals surface area contributed by atoms with Crippen LogP contribution in [-0.4, -0.2) is 35.7 Å². The first-order chi connectivity index (χ1) is 11.5. The fraction of sp³-hybridized carbons (Fsp3) is 0.400. The minimum absolute atomic E-state index is 0.0352. The fourth-order valence-corrected chi connectivity index (χ4v) is 2.40. The predicted molar refractivity (Wildman–Crippen MR) is 86.5 cm³/mol. The Morgan fingerprint density at radius 1 is 1.38 bits per heavy atom. The number of nitrogens with one attached hydrogen (secondary N) is 1. The molecular weight excluding hydrogens is 310 g/mol. The molecule has 24 heavy (non-hydrogen) atoms. The van der Waals surface area contributed by atoms with Crippen molar-refractivity contribution >= 4 is 11.9 Å². The molecule has 0 saturated carbocycles. The average Bonchev–Trinajstić information content (AvgIpc) is 3.24. The van der Waals surface area contributed by atoms with E-state index in [9.17, 15) is 4.79 Å². The third kappa shape index (κ3) is 2.92. The molecule has 0 radical (unpaired) electrons. The quantitative estimate of drug-likeness (QED) is 0.770. The fourth-order valence-electron chi connectivity index (χ4n) is 2.40. The van der Waals surface area contributed by atoms with Crippen molar-refractivity contribution in [3.05, 3.63) is 29.7 Å². The first-order valence-corrected chi connectivity index (χ1v) is 7.72. The molecule has 9 heteroatoms.